The van der Waals surface area contributed by atoms with E-state index in [0.717, 1.165) is 33.9 Å². The van der Waals surface area contributed by atoms with Crippen LogP contribution in [-0.4, -0.2) is 9.97 Å². The van der Waals surface area contributed by atoms with E-state index in [1.54, 1.807) is 0 Å². The average molecular weight is 399 g/mol. The Labute approximate surface area is 182 Å². The highest BCUT2D eigenvalue weighted by Crippen LogP contribution is 2.34. The van der Waals surface area contributed by atoms with Crippen LogP contribution in [0.1, 0.15) is 0 Å². The molecule has 3 nitrogen and oxygen atoms in total. The van der Waals surface area contributed by atoms with Gasteiger partial charge in [-0.1, -0.05) is 97.1 Å². The molecule has 31 heavy (non-hydrogen) atoms. The minimum absolute atomic E-state index is 0.637. The van der Waals surface area contributed by atoms with Crippen LogP contribution in [0.4, 0.5) is 17.3 Å². The Balaban J connectivity index is 1.74. The summed E-state index contributed by atoms with van der Waals surface area (Å²) in [6, 6.07) is 43.0. The molecule has 0 atom stereocenters. The first-order valence-electron chi connectivity index (χ1n) is 10.3. The summed E-state index contributed by atoms with van der Waals surface area (Å²) in [6.45, 7) is 0. The topological polar surface area (TPSA) is 29.0 Å². The second kappa shape index (κ2) is 8.64. The predicted octanol–water partition coefficient (Wildman–Crippen LogP) is 7.28. The molecule has 0 N–H and O–H groups in total. The average Bonchev–Trinajstić information content (AvgIpc) is 2.86. The van der Waals surface area contributed by atoms with E-state index >= 15 is 0 Å². The summed E-state index contributed by atoms with van der Waals surface area (Å²) in [4.78, 5) is 12.1. The van der Waals surface area contributed by atoms with Crippen LogP contribution in [0.5, 0.6) is 0 Å². The van der Waals surface area contributed by atoms with E-state index in [1.807, 2.05) is 72.8 Å². The summed E-state index contributed by atoms with van der Waals surface area (Å²) in [5.74, 6) is 0.637. The monoisotopic (exact) mass is 399 g/mol. The van der Waals surface area contributed by atoms with Gasteiger partial charge in [0.05, 0.1) is 11.4 Å². The molecular weight excluding hydrogens is 378 g/mol. The summed E-state index contributed by atoms with van der Waals surface area (Å²) in [5.41, 5.74) is 5.92. The van der Waals surface area contributed by atoms with Gasteiger partial charge in [0.25, 0.3) is 0 Å². The lowest BCUT2D eigenvalue weighted by Crippen LogP contribution is -2.14. The largest absolute Gasteiger partial charge is 0.279 e. The third-order valence-corrected chi connectivity index (χ3v) is 5.08. The van der Waals surface area contributed by atoms with Crippen LogP contribution in [0, 0.1) is 0 Å². The smallest absolute Gasteiger partial charge is 0.235 e. The van der Waals surface area contributed by atoms with Gasteiger partial charge in [-0.25, -0.2) is 9.97 Å². The summed E-state index contributed by atoms with van der Waals surface area (Å²) in [5, 5.41) is 0. The van der Waals surface area contributed by atoms with Gasteiger partial charge in [0.1, 0.15) is 0 Å². The lowest BCUT2D eigenvalue weighted by Gasteiger charge is -2.24. The van der Waals surface area contributed by atoms with Crippen LogP contribution >= 0.6 is 0 Å². The first kappa shape index (κ1) is 18.8. The molecule has 4 aromatic carbocycles. The summed E-state index contributed by atoms with van der Waals surface area (Å²) in [7, 11) is 0. The fourth-order valence-electron chi connectivity index (χ4n) is 3.58. The molecule has 1 aromatic heterocycles. The van der Waals surface area contributed by atoms with Gasteiger partial charge in [0.15, 0.2) is 0 Å². The summed E-state index contributed by atoms with van der Waals surface area (Å²) >= 11 is 0. The summed E-state index contributed by atoms with van der Waals surface area (Å²) < 4.78 is 0. The number of nitrogens with zero attached hydrogens (tertiary/aromatic N) is 3. The Morgan fingerprint density at radius 3 is 1.16 bits per heavy atom. The SMILES string of the molecule is c1ccc(-c2cc(-c3ccccc3)nc(N(c3ccccc3)c3ccccc3)n2)cc1. The van der Waals surface area contributed by atoms with Gasteiger partial charge in [0, 0.05) is 22.5 Å². The molecule has 0 unspecified atom stereocenters. The standard InChI is InChI=1S/C28H21N3/c1-5-13-22(14-6-1)26-21-27(23-15-7-2-8-16-23)30-28(29-26)31(24-17-9-3-10-18-24)25-19-11-4-12-20-25/h1-21H. The van der Waals surface area contributed by atoms with Crippen LogP contribution < -0.4 is 4.90 Å². The van der Waals surface area contributed by atoms with Crippen molar-refractivity contribution in [3.05, 3.63) is 127 Å². The van der Waals surface area contributed by atoms with Crippen molar-refractivity contribution in [2.75, 3.05) is 4.90 Å². The second-order valence-electron chi connectivity index (χ2n) is 7.18. The molecule has 0 amide bonds. The van der Waals surface area contributed by atoms with Crippen molar-refractivity contribution in [3.8, 4) is 22.5 Å². The second-order valence-corrected chi connectivity index (χ2v) is 7.18. The van der Waals surface area contributed by atoms with E-state index in [2.05, 4.69) is 59.5 Å². The molecule has 5 rings (SSSR count). The van der Waals surface area contributed by atoms with Gasteiger partial charge in [-0.2, -0.15) is 0 Å². The third-order valence-electron chi connectivity index (χ3n) is 5.08. The Bertz CT molecular complexity index is 1160. The highest BCUT2D eigenvalue weighted by molar-refractivity contribution is 5.76. The minimum Gasteiger partial charge on any atom is -0.279 e. The van der Waals surface area contributed by atoms with Crippen molar-refractivity contribution in [1.29, 1.82) is 0 Å². The van der Waals surface area contributed by atoms with Crippen molar-refractivity contribution in [3.63, 3.8) is 0 Å². The van der Waals surface area contributed by atoms with Gasteiger partial charge in [-0.15, -0.1) is 0 Å². The highest BCUT2D eigenvalue weighted by Gasteiger charge is 2.17. The molecule has 0 aliphatic heterocycles. The minimum atomic E-state index is 0.637. The lowest BCUT2D eigenvalue weighted by molar-refractivity contribution is 1.09. The van der Waals surface area contributed by atoms with Crippen LogP contribution in [0.25, 0.3) is 22.5 Å². The zero-order chi connectivity index (χ0) is 20.9. The maximum absolute atomic E-state index is 5.00. The zero-order valence-electron chi connectivity index (χ0n) is 17.0. The molecule has 5 aromatic rings. The Kier molecular flexibility index (Phi) is 5.23. The molecular formula is C28H21N3. The molecule has 148 valence electrons. The molecule has 0 saturated heterocycles. The zero-order valence-corrected chi connectivity index (χ0v) is 17.0. The van der Waals surface area contributed by atoms with E-state index in [1.165, 1.54) is 0 Å². The molecule has 0 bridgehead atoms. The normalized spacial score (nSPS) is 10.6. The molecule has 0 fully saturated rings. The number of anilines is 3. The van der Waals surface area contributed by atoms with Crippen molar-refractivity contribution in [2.45, 2.75) is 0 Å². The van der Waals surface area contributed by atoms with Crippen molar-refractivity contribution in [2.24, 2.45) is 0 Å². The van der Waals surface area contributed by atoms with E-state index in [0.29, 0.717) is 5.95 Å². The van der Waals surface area contributed by atoms with Crippen LogP contribution in [0.3, 0.4) is 0 Å². The highest BCUT2D eigenvalue weighted by atomic mass is 15.3. The lowest BCUT2D eigenvalue weighted by atomic mass is 10.1. The summed E-state index contributed by atoms with van der Waals surface area (Å²) in [6.07, 6.45) is 0. The number of hydrogen-bond donors (Lipinski definition) is 0. The first-order chi connectivity index (χ1) is 15.4. The number of rotatable bonds is 5. The Morgan fingerprint density at radius 1 is 0.419 bits per heavy atom. The maximum atomic E-state index is 5.00. The molecule has 0 saturated carbocycles. The molecule has 0 spiro atoms. The van der Waals surface area contributed by atoms with Gasteiger partial charge >= 0.3 is 0 Å². The first-order valence-corrected chi connectivity index (χ1v) is 10.3. The maximum Gasteiger partial charge on any atom is 0.235 e. The van der Waals surface area contributed by atoms with E-state index in [-0.39, 0.29) is 0 Å². The van der Waals surface area contributed by atoms with E-state index < -0.39 is 0 Å². The Morgan fingerprint density at radius 2 is 0.774 bits per heavy atom. The number of aromatic nitrogens is 2. The van der Waals surface area contributed by atoms with Crippen molar-refractivity contribution < 1.29 is 0 Å². The van der Waals surface area contributed by atoms with Crippen LogP contribution in [-0.2, 0) is 0 Å². The molecule has 1 heterocycles. The van der Waals surface area contributed by atoms with Crippen LogP contribution in [0.2, 0.25) is 0 Å². The third kappa shape index (κ3) is 4.07. The van der Waals surface area contributed by atoms with E-state index in [9.17, 15) is 0 Å². The van der Waals surface area contributed by atoms with Crippen molar-refractivity contribution in [1.82, 2.24) is 9.97 Å². The van der Waals surface area contributed by atoms with Gasteiger partial charge in [0.2, 0.25) is 5.95 Å². The molecule has 0 aliphatic rings. The van der Waals surface area contributed by atoms with Crippen LogP contribution in [0.15, 0.2) is 127 Å². The predicted molar refractivity (Wildman–Crippen MR) is 128 cm³/mol. The molecule has 0 radical (unpaired) electrons. The van der Waals surface area contributed by atoms with Crippen molar-refractivity contribution >= 4 is 17.3 Å². The number of para-hydroxylation sites is 2. The van der Waals surface area contributed by atoms with Gasteiger partial charge in [-0.3, -0.25) is 4.90 Å². The van der Waals surface area contributed by atoms with Gasteiger partial charge < -0.3 is 0 Å². The number of benzene rings is 4. The quantitative estimate of drug-likeness (QED) is 0.311. The number of hydrogen-bond acceptors (Lipinski definition) is 3. The Hall–Kier alpha value is -4.24. The fourth-order valence-corrected chi connectivity index (χ4v) is 3.58. The molecule has 0 aliphatic carbocycles. The van der Waals surface area contributed by atoms with E-state index in [4.69, 9.17) is 9.97 Å². The van der Waals surface area contributed by atoms with Gasteiger partial charge in [-0.05, 0) is 30.3 Å². The molecule has 3 heteroatoms. The fraction of sp³-hybridized carbons (Fsp3) is 0.